The van der Waals surface area contributed by atoms with E-state index in [1.54, 1.807) is 13.8 Å². The minimum Gasteiger partial charge on any atom is -0.480 e. The van der Waals surface area contributed by atoms with Crippen LogP contribution in [0, 0.1) is 6.92 Å². The molecule has 0 saturated carbocycles. The summed E-state index contributed by atoms with van der Waals surface area (Å²) in [5.41, 5.74) is 2.71. The Morgan fingerprint density at radius 2 is 1.49 bits per heavy atom. The zero-order valence-corrected chi connectivity index (χ0v) is 22.2. The minimum absolute atomic E-state index is 0.0701. The normalized spacial score (nSPS) is 12.2. The summed E-state index contributed by atoms with van der Waals surface area (Å²) in [4.78, 5) is 55.0. The van der Waals surface area contributed by atoms with Crippen LogP contribution in [0.2, 0.25) is 0 Å². The lowest BCUT2D eigenvalue weighted by Crippen LogP contribution is -2.57. The number of hydrogen-bond donors (Lipinski definition) is 1. The third-order valence-corrected chi connectivity index (χ3v) is 6.22. The second kappa shape index (κ2) is 14.0. The fraction of sp³-hybridized carbons (Fsp3) is 0.429. The van der Waals surface area contributed by atoms with Crippen molar-refractivity contribution in [3.63, 3.8) is 0 Å². The Balaban J connectivity index is 2.27. The van der Waals surface area contributed by atoms with E-state index < -0.39 is 42.5 Å². The molecule has 0 fully saturated rings. The van der Waals surface area contributed by atoms with Crippen LogP contribution < -0.4 is 0 Å². The maximum absolute atomic E-state index is 13.8. The molecule has 9 heteroatoms. The summed E-state index contributed by atoms with van der Waals surface area (Å²) in [6.07, 6.45) is -0.131. The molecule has 0 aliphatic heterocycles. The van der Waals surface area contributed by atoms with Crippen molar-refractivity contribution in [3.05, 3.63) is 71.3 Å². The molecule has 37 heavy (non-hydrogen) atoms. The largest absolute Gasteiger partial charge is 0.480 e. The Kier molecular flexibility index (Phi) is 11.1. The van der Waals surface area contributed by atoms with Crippen LogP contribution in [0.25, 0.3) is 0 Å². The lowest BCUT2D eigenvalue weighted by molar-refractivity contribution is -0.150. The number of rotatable bonds is 12. The predicted octanol–water partition coefficient (Wildman–Crippen LogP) is 3.34. The van der Waals surface area contributed by atoms with Crippen molar-refractivity contribution in [2.45, 2.75) is 52.3 Å². The van der Waals surface area contributed by atoms with Gasteiger partial charge >= 0.3 is 12.1 Å². The molecule has 1 N–H and O–H groups in total. The first kappa shape index (κ1) is 29.4. The first-order valence-corrected chi connectivity index (χ1v) is 12.3. The maximum Gasteiger partial charge on any atom is 0.410 e. The smallest absolute Gasteiger partial charge is 0.410 e. The summed E-state index contributed by atoms with van der Waals surface area (Å²) in [5, 5.41) is 9.20. The summed E-state index contributed by atoms with van der Waals surface area (Å²) in [7, 11) is 2.90. The zero-order valence-electron chi connectivity index (χ0n) is 22.2. The molecule has 0 radical (unpaired) electrons. The number of carboxylic acid groups (broad SMARTS) is 1. The van der Waals surface area contributed by atoms with E-state index in [4.69, 9.17) is 4.74 Å². The van der Waals surface area contributed by atoms with E-state index in [0.29, 0.717) is 6.42 Å². The van der Waals surface area contributed by atoms with Crippen LogP contribution in [0.4, 0.5) is 4.79 Å². The molecule has 2 rings (SSSR count). The second-order valence-corrected chi connectivity index (χ2v) is 8.99. The molecule has 2 aromatic carbocycles. The molecule has 0 saturated heterocycles. The van der Waals surface area contributed by atoms with Gasteiger partial charge in [-0.25, -0.2) is 4.79 Å². The van der Waals surface area contributed by atoms with Gasteiger partial charge in [0.15, 0.2) is 0 Å². The number of carbonyl (C=O) groups is 4. The van der Waals surface area contributed by atoms with E-state index in [9.17, 15) is 24.3 Å². The minimum atomic E-state index is -1.15. The van der Waals surface area contributed by atoms with Gasteiger partial charge in [0.1, 0.15) is 25.2 Å². The average Bonchev–Trinajstić information content (AvgIpc) is 2.88. The fourth-order valence-electron chi connectivity index (χ4n) is 4.10. The Morgan fingerprint density at radius 1 is 0.865 bits per heavy atom. The fourth-order valence-corrected chi connectivity index (χ4v) is 4.10. The molecule has 0 unspecified atom stereocenters. The van der Waals surface area contributed by atoms with Crippen molar-refractivity contribution in [3.8, 4) is 0 Å². The monoisotopic (exact) mass is 511 g/mol. The average molecular weight is 512 g/mol. The quantitative estimate of drug-likeness (QED) is 0.468. The SMILES string of the molecule is CC[C@@H](C(=O)N(CC)[C@@H](Cc1ccc(C)cc1)C(=O)N(C)CC(=O)O)N(C)C(=O)OCc1ccccc1. The Labute approximate surface area is 218 Å². The second-order valence-electron chi connectivity index (χ2n) is 8.99. The van der Waals surface area contributed by atoms with E-state index in [-0.39, 0.29) is 19.6 Å². The van der Waals surface area contributed by atoms with Gasteiger partial charge in [-0.2, -0.15) is 0 Å². The van der Waals surface area contributed by atoms with Crippen LogP contribution in [-0.2, 0) is 32.1 Å². The van der Waals surface area contributed by atoms with Gasteiger partial charge in [-0.1, -0.05) is 67.1 Å². The molecule has 0 heterocycles. The summed E-state index contributed by atoms with van der Waals surface area (Å²) in [6, 6.07) is 15.0. The summed E-state index contributed by atoms with van der Waals surface area (Å²) in [5.74, 6) is -2.03. The van der Waals surface area contributed by atoms with Crippen LogP contribution in [0.5, 0.6) is 0 Å². The van der Waals surface area contributed by atoms with Crippen LogP contribution in [-0.4, -0.2) is 83.0 Å². The molecule has 0 bridgehead atoms. The third-order valence-electron chi connectivity index (χ3n) is 6.22. The van der Waals surface area contributed by atoms with E-state index in [1.807, 2.05) is 61.5 Å². The summed E-state index contributed by atoms with van der Waals surface area (Å²) in [6.45, 7) is 5.27. The number of carboxylic acids is 1. The number of nitrogens with zero attached hydrogens (tertiary/aromatic N) is 3. The molecule has 0 aliphatic carbocycles. The molecule has 0 aliphatic rings. The molecule has 0 spiro atoms. The van der Waals surface area contributed by atoms with Gasteiger partial charge < -0.3 is 19.6 Å². The van der Waals surface area contributed by atoms with Crippen LogP contribution in [0.1, 0.15) is 37.0 Å². The maximum atomic E-state index is 13.8. The van der Waals surface area contributed by atoms with Gasteiger partial charge in [0.2, 0.25) is 11.8 Å². The number of carbonyl (C=O) groups excluding carboxylic acids is 3. The van der Waals surface area contributed by atoms with Gasteiger partial charge in [0, 0.05) is 27.1 Å². The van der Waals surface area contributed by atoms with Crippen molar-refractivity contribution >= 4 is 23.9 Å². The summed E-state index contributed by atoms with van der Waals surface area (Å²) >= 11 is 0. The first-order valence-electron chi connectivity index (χ1n) is 12.3. The topological polar surface area (TPSA) is 107 Å². The van der Waals surface area contributed by atoms with Gasteiger partial charge in [-0.15, -0.1) is 0 Å². The molecule has 9 nitrogen and oxygen atoms in total. The van der Waals surface area contributed by atoms with E-state index in [1.165, 1.54) is 23.9 Å². The number of amides is 3. The summed E-state index contributed by atoms with van der Waals surface area (Å²) < 4.78 is 5.41. The van der Waals surface area contributed by atoms with E-state index >= 15 is 0 Å². The molecule has 3 amide bonds. The Bertz CT molecular complexity index is 1060. The number of aryl methyl sites for hydroxylation is 1. The lowest BCUT2D eigenvalue weighted by Gasteiger charge is -2.36. The highest BCUT2D eigenvalue weighted by atomic mass is 16.6. The molecular formula is C28H37N3O6. The Hall–Kier alpha value is -3.88. The standard InChI is InChI=1S/C28H37N3O6/c1-6-23(30(5)28(36)37-19-22-11-9-8-10-12-22)27(35)31(7-2)24(26(34)29(4)18-25(32)33)17-21-15-13-20(3)14-16-21/h8-16,23-24H,6-7,17-19H2,1-5H3,(H,32,33)/t23-,24-/m0/s1. The number of ether oxygens (including phenoxy) is 1. The van der Waals surface area contributed by atoms with Gasteiger partial charge in [-0.3, -0.25) is 19.3 Å². The Morgan fingerprint density at radius 3 is 2.03 bits per heavy atom. The predicted molar refractivity (Wildman–Crippen MR) is 140 cm³/mol. The van der Waals surface area contributed by atoms with E-state index in [2.05, 4.69) is 0 Å². The van der Waals surface area contributed by atoms with Crippen molar-refractivity contribution in [2.24, 2.45) is 0 Å². The number of aliphatic carboxylic acids is 1. The van der Waals surface area contributed by atoms with Crippen molar-refractivity contribution < 1.29 is 29.0 Å². The molecule has 0 aromatic heterocycles. The zero-order chi connectivity index (χ0) is 27.5. The van der Waals surface area contributed by atoms with Crippen LogP contribution in [0.15, 0.2) is 54.6 Å². The van der Waals surface area contributed by atoms with Crippen LogP contribution in [0.3, 0.4) is 0 Å². The number of benzene rings is 2. The molecular weight excluding hydrogens is 474 g/mol. The van der Waals surface area contributed by atoms with Crippen molar-refractivity contribution in [1.82, 2.24) is 14.7 Å². The molecule has 200 valence electrons. The molecule has 2 aromatic rings. The van der Waals surface area contributed by atoms with Crippen LogP contribution >= 0.6 is 0 Å². The van der Waals surface area contributed by atoms with Gasteiger partial charge in [0.25, 0.3) is 0 Å². The lowest BCUT2D eigenvalue weighted by atomic mass is 10.0. The van der Waals surface area contributed by atoms with Crippen molar-refractivity contribution in [2.75, 3.05) is 27.2 Å². The molecule has 2 atom stereocenters. The van der Waals surface area contributed by atoms with Gasteiger partial charge in [0.05, 0.1) is 0 Å². The highest BCUT2D eigenvalue weighted by Crippen LogP contribution is 2.18. The van der Waals surface area contributed by atoms with Gasteiger partial charge in [-0.05, 0) is 31.4 Å². The highest BCUT2D eigenvalue weighted by Gasteiger charge is 2.37. The third kappa shape index (κ3) is 8.34. The van der Waals surface area contributed by atoms with Crippen molar-refractivity contribution in [1.29, 1.82) is 0 Å². The number of hydrogen-bond acceptors (Lipinski definition) is 5. The van der Waals surface area contributed by atoms with E-state index in [0.717, 1.165) is 21.6 Å². The highest BCUT2D eigenvalue weighted by molar-refractivity contribution is 5.92. The number of likely N-dealkylation sites (N-methyl/N-ethyl adjacent to an activating group) is 3. The first-order chi connectivity index (χ1) is 17.6.